The Morgan fingerprint density at radius 3 is 2.68 bits per heavy atom. The van der Waals surface area contributed by atoms with Gasteiger partial charge in [0.15, 0.2) is 6.29 Å². The highest BCUT2D eigenvalue weighted by Crippen LogP contribution is 2.26. The lowest BCUT2D eigenvalue weighted by Gasteiger charge is -2.19. The van der Waals surface area contributed by atoms with E-state index in [1.807, 2.05) is 24.1 Å². The minimum Gasteiger partial charge on any atom is -0.354 e. The van der Waals surface area contributed by atoms with Gasteiger partial charge < -0.3 is 4.90 Å². The van der Waals surface area contributed by atoms with Crippen molar-refractivity contribution in [3.05, 3.63) is 37.9 Å². The molecule has 0 aromatic carbocycles. The summed E-state index contributed by atoms with van der Waals surface area (Å²) in [6.07, 6.45) is 0.676. The molecule has 0 aliphatic rings. The van der Waals surface area contributed by atoms with Crippen molar-refractivity contribution >= 4 is 46.6 Å². The van der Waals surface area contributed by atoms with Gasteiger partial charge in [0, 0.05) is 11.9 Å². The number of carbonyl (C=O) groups is 1. The van der Waals surface area contributed by atoms with Crippen LogP contribution in [0.25, 0.3) is 0 Å². The zero-order valence-electron chi connectivity index (χ0n) is 10.4. The van der Waals surface area contributed by atoms with Gasteiger partial charge >= 0.3 is 0 Å². The van der Waals surface area contributed by atoms with E-state index >= 15 is 0 Å². The first-order valence-corrected chi connectivity index (χ1v) is 7.03. The van der Waals surface area contributed by atoms with E-state index in [0.29, 0.717) is 30.0 Å². The van der Waals surface area contributed by atoms with E-state index in [9.17, 15) is 4.79 Å². The van der Waals surface area contributed by atoms with Crippen LogP contribution < -0.4 is 4.90 Å². The van der Waals surface area contributed by atoms with Crippen LogP contribution in [-0.2, 0) is 6.54 Å². The van der Waals surface area contributed by atoms with Crippen LogP contribution in [0.15, 0.2) is 12.1 Å². The first-order valence-electron chi connectivity index (χ1n) is 5.46. The normalized spacial score (nSPS) is 10.5. The standard InChI is InChI=1S/C12H11Cl2N3OS/c1-7-15-11(14)9(6-18)12(16-7)17(2)5-8-3-4-10(13)19-8/h3-4,6H,5H2,1-2H3. The number of hydrogen-bond donors (Lipinski definition) is 0. The van der Waals surface area contributed by atoms with Crippen LogP contribution in [0.1, 0.15) is 21.1 Å². The number of carbonyl (C=O) groups excluding carboxylic acids is 1. The quantitative estimate of drug-likeness (QED) is 0.639. The maximum Gasteiger partial charge on any atom is 0.156 e. The van der Waals surface area contributed by atoms with Crippen molar-refractivity contribution < 1.29 is 4.79 Å². The SMILES string of the molecule is Cc1nc(Cl)c(C=O)c(N(C)Cc2ccc(Cl)s2)n1. The Bertz CT molecular complexity index is 615. The fraction of sp³-hybridized carbons (Fsp3) is 0.250. The predicted octanol–water partition coefficient (Wildman–Crippen LogP) is 3.60. The molecule has 0 radical (unpaired) electrons. The van der Waals surface area contributed by atoms with Crippen LogP contribution in [0.4, 0.5) is 5.82 Å². The van der Waals surface area contributed by atoms with E-state index < -0.39 is 0 Å². The fourth-order valence-electron chi connectivity index (χ4n) is 1.67. The van der Waals surface area contributed by atoms with Crippen molar-refractivity contribution in [2.24, 2.45) is 0 Å². The van der Waals surface area contributed by atoms with Gasteiger partial charge in [-0.1, -0.05) is 23.2 Å². The molecule has 0 N–H and O–H groups in total. The van der Waals surface area contributed by atoms with Crippen molar-refractivity contribution in [3.8, 4) is 0 Å². The fourth-order valence-corrected chi connectivity index (χ4v) is 3.06. The molecular weight excluding hydrogens is 305 g/mol. The molecule has 0 fully saturated rings. The lowest BCUT2D eigenvalue weighted by Crippen LogP contribution is -2.20. The van der Waals surface area contributed by atoms with Crippen LogP contribution in [0, 0.1) is 6.92 Å². The van der Waals surface area contributed by atoms with Gasteiger partial charge in [0.25, 0.3) is 0 Å². The van der Waals surface area contributed by atoms with Crippen molar-refractivity contribution in [1.82, 2.24) is 9.97 Å². The van der Waals surface area contributed by atoms with Crippen molar-refractivity contribution in [2.75, 3.05) is 11.9 Å². The highest BCUT2D eigenvalue weighted by atomic mass is 35.5. The number of aromatic nitrogens is 2. The molecular formula is C12H11Cl2N3OS. The van der Waals surface area contributed by atoms with Gasteiger partial charge in [0.1, 0.15) is 16.8 Å². The van der Waals surface area contributed by atoms with Crippen LogP contribution in [0.3, 0.4) is 0 Å². The summed E-state index contributed by atoms with van der Waals surface area (Å²) in [6, 6.07) is 3.79. The molecule has 19 heavy (non-hydrogen) atoms. The van der Waals surface area contributed by atoms with E-state index in [1.165, 1.54) is 11.3 Å². The van der Waals surface area contributed by atoms with Gasteiger partial charge in [-0.05, 0) is 19.1 Å². The van der Waals surface area contributed by atoms with E-state index in [-0.39, 0.29) is 5.15 Å². The van der Waals surface area contributed by atoms with Crippen molar-refractivity contribution in [1.29, 1.82) is 0 Å². The molecule has 0 bridgehead atoms. The zero-order valence-corrected chi connectivity index (χ0v) is 12.7. The molecule has 7 heteroatoms. The summed E-state index contributed by atoms with van der Waals surface area (Å²) in [6.45, 7) is 2.34. The van der Waals surface area contributed by atoms with Crippen molar-refractivity contribution in [2.45, 2.75) is 13.5 Å². The average Bonchev–Trinajstić information content (AvgIpc) is 2.73. The third-order valence-electron chi connectivity index (χ3n) is 2.49. The van der Waals surface area contributed by atoms with Crippen LogP contribution >= 0.6 is 34.5 Å². The maximum atomic E-state index is 11.1. The molecule has 0 saturated carbocycles. The molecule has 0 aliphatic heterocycles. The van der Waals surface area contributed by atoms with Crippen LogP contribution in [0.5, 0.6) is 0 Å². The van der Waals surface area contributed by atoms with Gasteiger partial charge in [0.2, 0.25) is 0 Å². The third-order valence-corrected chi connectivity index (χ3v) is 4.00. The third kappa shape index (κ3) is 3.23. The number of thiophene rings is 1. The second-order valence-electron chi connectivity index (χ2n) is 3.98. The summed E-state index contributed by atoms with van der Waals surface area (Å²) < 4.78 is 0.732. The number of rotatable bonds is 4. The minimum absolute atomic E-state index is 0.175. The predicted molar refractivity (Wildman–Crippen MR) is 78.6 cm³/mol. The van der Waals surface area contributed by atoms with Crippen molar-refractivity contribution in [3.63, 3.8) is 0 Å². The number of nitrogens with zero attached hydrogens (tertiary/aromatic N) is 3. The lowest BCUT2D eigenvalue weighted by molar-refractivity contribution is 0.112. The molecule has 2 aromatic heterocycles. The van der Waals surface area contributed by atoms with E-state index in [4.69, 9.17) is 23.2 Å². The minimum atomic E-state index is 0.175. The van der Waals surface area contributed by atoms with E-state index in [2.05, 4.69) is 9.97 Å². The van der Waals surface area contributed by atoms with Crippen LogP contribution in [0.2, 0.25) is 9.49 Å². The molecule has 0 saturated heterocycles. The summed E-state index contributed by atoms with van der Waals surface area (Å²) in [5.74, 6) is 1.05. The Hall–Kier alpha value is -1.17. The molecule has 0 spiro atoms. The first kappa shape index (κ1) is 14.2. The topological polar surface area (TPSA) is 46.1 Å². The Morgan fingerprint density at radius 2 is 2.11 bits per heavy atom. The molecule has 4 nitrogen and oxygen atoms in total. The monoisotopic (exact) mass is 315 g/mol. The highest BCUT2D eigenvalue weighted by molar-refractivity contribution is 7.16. The lowest BCUT2D eigenvalue weighted by atomic mass is 10.3. The number of hydrogen-bond acceptors (Lipinski definition) is 5. The van der Waals surface area contributed by atoms with Gasteiger partial charge in [-0.25, -0.2) is 9.97 Å². The Kier molecular flexibility index (Phi) is 4.39. The number of aryl methyl sites for hydroxylation is 1. The summed E-state index contributed by atoms with van der Waals surface area (Å²) in [5, 5.41) is 0.175. The van der Waals surface area contributed by atoms with Gasteiger partial charge in [-0.15, -0.1) is 11.3 Å². The van der Waals surface area contributed by atoms with Gasteiger partial charge in [-0.3, -0.25) is 4.79 Å². The molecule has 2 heterocycles. The maximum absolute atomic E-state index is 11.1. The second-order valence-corrected chi connectivity index (χ2v) is 6.14. The molecule has 0 amide bonds. The zero-order chi connectivity index (χ0) is 14.0. The molecule has 0 aliphatic carbocycles. The van der Waals surface area contributed by atoms with E-state index in [1.54, 1.807) is 6.92 Å². The molecule has 0 atom stereocenters. The summed E-state index contributed by atoms with van der Waals surface area (Å²) in [5.41, 5.74) is 0.303. The Balaban J connectivity index is 2.32. The van der Waals surface area contributed by atoms with E-state index in [0.717, 1.165) is 9.21 Å². The second kappa shape index (κ2) is 5.86. The summed E-state index contributed by atoms with van der Waals surface area (Å²) in [7, 11) is 1.85. The summed E-state index contributed by atoms with van der Waals surface area (Å²) >= 11 is 13.3. The number of aldehydes is 1. The van der Waals surface area contributed by atoms with Gasteiger partial charge in [-0.2, -0.15) is 0 Å². The number of anilines is 1. The average molecular weight is 316 g/mol. The number of halogens is 2. The molecule has 100 valence electrons. The molecule has 0 unspecified atom stereocenters. The van der Waals surface area contributed by atoms with Crippen LogP contribution in [-0.4, -0.2) is 23.3 Å². The molecule has 2 rings (SSSR count). The smallest absolute Gasteiger partial charge is 0.156 e. The Morgan fingerprint density at radius 1 is 1.37 bits per heavy atom. The Labute approximate surface area is 125 Å². The summed E-state index contributed by atoms with van der Waals surface area (Å²) in [4.78, 5) is 22.3. The first-order chi connectivity index (χ1) is 9.01. The highest BCUT2D eigenvalue weighted by Gasteiger charge is 2.15. The molecule has 2 aromatic rings. The largest absolute Gasteiger partial charge is 0.354 e. The van der Waals surface area contributed by atoms with Gasteiger partial charge in [0.05, 0.1) is 16.4 Å².